The fourth-order valence-electron chi connectivity index (χ4n) is 3.00. The Morgan fingerprint density at radius 2 is 2.00 bits per heavy atom. The molecule has 0 unspecified atom stereocenters. The average molecular weight is 422 g/mol. The lowest BCUT2D eigenvalue weighted by molar-refractivity contribution is -0.115. The zero-order valence-corrected chi connectivity index (χ0v) is 17.1. The predicted molar refractivity (Wildman–Crippen MR) is 107 cm³/mol. The third-order valence-electron chi connectivity index (χ3n) is 4.66. The van der Waals surface area contributed by atoms with E-state index in [1.807, 2.05) is 31.2 Å². The summed E-state index contributed by atoms with van der Waals surface area (Å²) in [5, 5.41) is 3.66. The van der Waals surface area contributed by atoms with Crippen molar-refractivity contribution in [1.82, 2.24) is 9.88 Å². The normalized spacial score (nSPS) is 16.1. The van der Waals surface area contributed by atoms with Gasteiger partial charge in [0.15, 0.2) is 5.13 Å². The maximum atomic E-state index is 12.2. The number of anilines is 1. The van der Waals surface area contributed by atoms with E-state index in [4.69, 9.17) is 0 Å². The van der Waals surface area contributed by atoms with Crippen molar-refractivity contribution in [3.63, 3.8) is 0 Å². The first-order valence-electron chi connectivity index (χ1n) is 8.72. The second-order valence-corrected chi connectivity index (χ2v) is 8.84. The van der Waals surface area contributed by atoms with Gasteiger partial charge in [0.1, 0.15) is 0 Å². The maximum absolute atomic E-state index is 12.2. The second kappa shape index (κ2) is 8.43. The summed E-state index contributed by atoms with van der Waals surface area (Å²) in [6.07, 6.45) is 2.91. The molecule has 1 amide bonds. The Morgan fingerprint density at radius 1 is 1.32 bits per heavy atom. The summed E-state index contributed by atoms with van der Waals surface area (Å²) < 4.78 is 1.02. The Morgan fingerprint density at radius 3 is 2.68 bits per heavy atom. The molecular formula is C19H24BrN3OS. The quantitative estimate of drug-likeness (QED) is 0.765. The van der Waals surface area contributed by atoms with Crippen molar-refractivity contribution < 1.29 is 4.79 Å². The SMILES string of the molecule is Cc1nc(NC(=O)Cc2ccc(Br)cc2)sc1CN1CCC(C)CC1. The molecule has 1 aromatic carbocycles. The van der Waals surface area contributed by atoms with Crippen LogP contribution in [-0.2, 0) is 17.8 Å². The molecule has 1 fully saturated rings. The number of aromatic nitrogens is 1. The molecule has 6 heteroatoms. The first-order valence-corrected chi connectivity index (χ1v) is 10.3. The van der Waals surface area contributed by atoms with Crippen LogP contribution in [0.3, 0.4) is 0 Å². The number of rotatable bonds is 5. The summed E-state index contributed by atoms with van der Waals surface area (Å²) in [6, 6.07) is 7.82. The van der Waals surface area contributed by atoms with Crippen LogP contribution in [0.4, 0.5) is 5.13 Å². The van der Waals surface area contributed by atoms with E-state index < -0.39 is 0 Å². The van der Waals surface area contributed by atoms with Gasteiger partial charge in [-0.2, -0.15) is 0 Å². The van der Waals surface area contributed by atoms with E-state index in [0.29, 0.717) is 11.6 Å². The summed E-state index contributed by atoms with van der Waals surface area (Å²) in [7, 11) is 0. The van der Waals surface area contributed by atoms with Crippen molar-refractivity contribution in [1.29, 1.82) is 0 Å². The number of hydrogen-bond donors (Lipinski definition) is 1. The summed E-state index contributed by atoms with van der Waals surface area (Å²) in [5.41, 5.74) is 2.03. The highest BCUT2D eigenvalue weighted by molar-refractivity contribution is 9.10. The Kier molecular flexibility index (Phi) is 6.25. The van der Waals surface area contributed by atoms with Crippen molar-refractivity contribution in [3.05, 3.63) is 44.9 Å². The van der Waals surface area contributed by atoms with Crippen LogP contribution in [0.15, 0.2) is 28.7 Å². The number of thiazole rings is 1. The fraction of sp³-hybridized carbons (Fsp3) is 0.474. The Hall–Kier alpha value is -1.24. The third kappa shape index (κ3) is 5.36. The van der Waals surface area contributed by atoms with Gasteiger partial charge in [-0.3, -0.25) is 9.69 Å². The summed E-state index contributed by atoms with van der Waals surface area (Å²) in [5.74, 6) is 0.821. The van der Waals surface area contributed by atoms with Gasteiger partial charge >= 0.3 is 0 Å². The molecule has 1 saturated heterocycles. The molecule has 0 saturated carbocycles. The molecule has 25 heavy (non-hydrogen) atoms. The molecule has 1 N–H and O–H groups in total. The highest BCUT2D eigenvalue weighted by atomic mass is 79.9. The fourth-order valence-corrected chi connectivity index (χ4v) is 4.29. The van der Waals surface area contributed by atoms with Gasteiger partial charge in [0.25, 0.3) is 0 Å². The van der Waals surface area contributed by atoms with E-state index in [-0.39, 0.29) is 5.91 Å². The topological polar surface area (TPSA) is 45.2 Å². The number of halogens is 1. The number of nitrogens with one attached hydrogen (secondary N) is 1. The van der Waals surface area contributed by atoms with E-state index >= 15 is 0 Å². The van der Waals surface area contributed by atoms with E-state index in [9.17, 15) is 4.79 Å². The first-order chi connectivity index (χ1) is 12.0. The lowest BCUT2D eigenvalue weighted by Gasteiger charge is -2.29. The molecule has 1 aliphatic heterocycles. The minimum absolute atomic E-state index is 0.0191. The molecule has 0 radical (unpaired) electrons. The van der Waals surface area contributed by atoms with Crippen LogP contribution in [0, 0.1) is 12.8 Å². The molecule has 134 valence electrons. The van der Waals surface area contributed by atoms with Crippen molar-refractivity contribution in [2.75, 3.05) is 18.4 Å². The molecular weight excluding hydrogens is 398 g/mol. The van der Waals surface area contributed by atoms with Gasteiger partial charge in [0.2, 0.25) is 5.91 Å². The zero-order chi connectivity index (χ0) is 17.8. The van der Waals surface area contributed by atoms with Crippen LogP contribution < -0.4 is 5.32 Å². The van der Waals surface area contributed by atoms with Crippen LogP contribution >= 0.6 is 27.3 Å². The monoisotopic (exact) mass is 421 g/mol. The van der Waals surface area contributed by atoms with E-state index in [2.05, 4.69) is 38.1 Å². The number of piperidine rings is 1. The van der Waals surface area contributed by atoms with Gasteiger partial charge in [-0.15, -0.1) is 11.3 Å². The molecule has 3 rings (SSSR count). The highest BCUT2D eigenvalue weighted by Gasteiger charge is 2.18. The predicted octanol–water partition coefficient (Wildman–Crippen LogP) is 4.63. The smallest absolute Gasteiger partial charge is 0.230 e. The molecule has 2 aromatic rings. The van der Waals surface area contributed by atoms with Crippen LogP contribution in [-0.4, -0.2) is 28.9 Å². The van der Waals surface area contributed by atoms with Crippen molar-refractivity contribution in [3.8, 4) is 0 Å². The lowest BCUT2D eigenvalue weighted by atomic mass is 9.99. The van der Waals surface area contributed by atoms with Gasteiger partial charge in [-0.1, -0.05) is 35.0 Å². The summed E-state index contributed by atoms with van der Waals surface area (Å²) >= 11 is 5.01. The number of amides is 1. The Labute approximate surface area is 161 Å². The zero-order valence-electron chi connectivity index (χ0n) is 14.7. The van der Waals surface area contributed by atoms with Crippen molar-refractivity contribution >= 4 is 38.3 Å². The molecule has 1 aromatic heterocycles. The highest BCUT2D eigenvalue weighted by Crippen LogP contribution is 2.26. The number of benzene rings is 1. The molecule has 1 aliphatic rings. The van der Waals surface area contributed by atoms with E-state index in [1.54, 1.807) is 11.3 Å². The molecule has 4 nitrogen and oxygen atoms in total. The lowest BCUT2D eigenvalue weighted by Crippen LogP contribution is -2.32. The Bertz CT molecular complexity index is 721. The Balaban J connectivity index is 1.56. The summed E-state index contributed by atoms with van der Waals surface area (Å²) in [6.45, 7) is 7.61. The minimum atomic E-state index is -0.0191. The van der Waals surface area contributed by atoms with Gasteiger partial charge in [-0.05, 0) is 56.5 Å². The average Bonchev–Trinajstić information content (AvgIpc) is 2.91. The van der Waals surface area contributed by atoms with Crippen LogP contribution in [0.1, 0.15) is 35.9 Å². The minimum Gasteiger partial charge on any atom is -0.302 e. The number of likely N-dealkylation sites (tertiary alicyclic amines) is 1. The number of carbonyl (C=O) groups excluding carboxylic acids is 1. The van der Waals surface area contributed by atoms with Crippen molar-refractivity contribution in [2.45, 2.75) is 39.7 Å². The molecule has 2 heterocycles. The molecule has 0 atom stereocenters. The first kappa shape index (κ1) is 18.5. The molecule has 0 bridgehead atoms. The van der Waals surface area contributed by atoms with Gasteiger partial charge in [0.05, 0.1) is 12.1 Å². The number of nitrogens with zero attached hydrogens (tertiary/aromatic N) is 2. The summed E-state index contributed by atoms with van der Waals surface area (Å²) in [4.78, 5) is 20.5. The van der Waals surface area contributed by atoms with Gasteiger partial charge < -0.3 is 5.32 Å². The van der Waals surface area contributed by atoms with Crippen LogP contribution in [0.25, 0.3) is 0 Å². The molecule has 0 spiro atoms. The van der Waals surface area contributed by atoms with Crippen molar-refractivity contribution in [2.24, 2.45) is 5.92 Å². The van der Waals surface area contributed by atoms with E-state index in [1.165, 1.54) is 17.7 Å². The number of aryl methyl sites for hydroxylation is 1. The molecule has 0 aliphatic carbocycles. The van der Waals surface area contributed by atoms with Crippen LogP contribution in [0.5, 0.6) is 0 Å². The maximum Gasteiger partial charge on any atom is 0.230 e. The second-order valence-electron chi connectivity index (χ2n) is 6.84. The van der Waals surface area contributed by atoms with E-state index in [0.717, 1.165) is 41.3 Å². The van der Waals surface area contributed by atoms with Gasteiger partial charge in [-0.25, -0.2) is 4.98 Å². The number of carbonyl (C=O) groups is 1. The largest absolute Gasteiger partial charge is 0.302 e. The third-order valence-corrected chi connectivity index (χ3v) is 6.25. The number of hydrogen-bond acceptors (Lipinski definition) is 4. The van der Waals surface area contributed by atoms with Crippen LogP contribution in [0.2, 0.25) is 0 Å². The van der Waals surface area contributed by atoms with Gasteiger partial charge in [0, 0.05) is 15.9 Å². The standard InChI is InChI=1S/C19H24BrN3OS/c1-13-7-9-23(10-8-13)12-17-14(2)21-19(25-17)22-18(24)11-15-3-5-16(20)6-4-15/h3-6,13H,7-12H2,1-2H3,(H,21,22,24).